The van der Waals surface area contributed by atoms with Gasteiger partial charge in [0.15, 0.2) is 5.16 Å². The molecule has 1 aliphatic rings. The summed E-state index contributed by atoms with van der Waals surface area (Å²) in [5.74, 6) is 1.82. The lowest BCUT2D eigenvalue weighted by atomic mass is 9.94. The Hall–Kier alpha value is -2.08. The SMILES string of the molecule is CCN(C)C(=O)c1cccc(CSc2nc(C)cc(N(C)C3CCCCC3)n2)c1. The third kappa shape index (κ3) is 5.72. The average molecular weight is 413 g/mol. The van der Waals surface area contributed by atoms with Crippen LogP contribution in [-0.4, -0.2) is 47.5 Å². The third-order valence-electron chi connectivity index (χ3n) is 5.67. The Bertz CT molecular complexity index is 835. The lowest BCUT2D eigenvalue weighted by molar-refractivity contribution is 0.0802. The Labute approximate surface area is 178 Å². The Morgan fingerprint density at radius 3 is 2.62 bits per heavy atom. The summed E-state index contributed by atoms with van der Waals surface area (Å²) in [5, 5.41) is 0.796. The van der Waals surface area contributed by atoms with E-state index in [1.165, 1.54) is 32.1 Å². The summed E-state index contributed by atoms with van der Waals surface area (Å²) < 4.78 is 0. The lowest BCUT2D eigenvalue weighted by Crippen LogP contribution is -2.34. The smallest absolute Gasteiger partial charge is 0.253 e. The maximum Gasteiger partial charge on any atom is 0.253 e. The van der Waals surface area contributed by atoms with Crippen LogP contribution in [0.3, 0.4) is 0 Å². The summed E-state index contributed by atoms with van der Waals surface area (Å²) in [6.45, 7) is 4.71. The fraction of sp³-hybridized carbons (Fsp3) is 0.522. The van der Waals surface area contributed by atoms with Gasteiger partial charge in [-0.25, -0.2) is 9.97 Å². The maximum atomic E-state index is 12.4. The van der Waals surface area contributed by atoms with Crippen molar-refractivity contribution in [2.75, 3.05) is 25.5 Å². The van der Waals surface area contributed by atoms with Crippen LogP contribution < -0.4 is 4.90 Å². The number of anilines is 1. The molecule has 1 aromatic heterocycles. The zero-order chi connectivity index (χ0) is 20.8. The molecule has 1 heterocycles. The minimum Gasteiger partial charge on any atom is -0.357 e. The van der Waals surface area contributed by atoms with Crippen molar-refractivity contribution in [3.05, 3.63) is 47.2 Å². The molecule has 0 bridgehead atoms. The second-order valence-electron chi connectivity index (χ2n) is 7.86. The van der Waals surface area contributed by atoms with Gasteiger partial charge in [0.05, 0.1) is 0 Å². The van der Waals surface area contributed by atoms with Crippen LogP contribution in [0.4, 0.5) is 5.82 Å². The van der Waals surface area contributed by atoms with Crippen LogP contribution in [0.25, 0.3) is 0 Å². The van der Waals surface area contributed by atoms with Crippen LogP contribution in [0.1, 0.15) is 60.6 Å². The number of aromatic nitrogens is 2. The Morgan fingerprint density at radius 2 is 1.90 bits per heavy atom. The van der Waals surface area contributed by atoms with Gasteiger partial charge in [-0.15, -0.1) is 0 Å². The molecule has 3 rings (SSSR count). The van der Waals surface area contributed by atoms with E-state index in [4.69, 9.17) is 4.98 Å². The van der Waals surface area contributed by atoms with Gasteiger partial charge < -0.3 is 9.80 Å². The first-order valence-electron chi connectivity index (χ1n) is 10.5. The summed E-state index contributed by atoms with van der Waals surface area (Å²) in [6, 6.07) is 10.5. The highest BCUT2D eigenvalue weighted by atomic mass is 32.2. The van der Waals surface area contributed by atoms with E-state index in [9.17, 15) is 4.79 Å². The topological polar surface area (TPSA) is 49.3 Å². The molecule has 0 unspecified atom stereocenters. The predicted octanol–water partition coefficient (Wildman–Crippen LogP) is 4.94. The lowest BCUT2D eigenvalue weighted by Gasteiger charge is -2.32. The van der Waals surface area contributed by atoms with Gasteiger partial charge in [0, 0.05) is 49.8 Å². The third-order valence-corrected chi connectivity index (χ3v) is 6.59. The molecule has 6 heteroatoms. The Kier molecular flexibility index (Phi) is 7.53. The van der Waals surface area contributed by atoms with Crippen molar-refractivity contribution in [1.29, 1.82) is 0 Å². The highest BCUT2D eigenvalue weighted by Crippen LogP contribution is 2.27. The summed E-state index contributed by atoms with van der Waals surface area (Å²) >= 11 is 1.63. The minimum absolute atomic E-state index is 0.0579. The highest BCUT2D eigenvalue weighted by Gasteiger charge is 2.20. The summed E-state index contributed by atoms with van der Waals surface area (Å²) in [4.78, 5) is 25.9. The average Bonchev–Trinajstić information content (AvgIpc) is 2.76. The number of carbonyl (C=O) groups excluding carboxylic acids is 1. The predicted molar refractivity (Wildman–Crippen MR) is 121 cm³/mol. The zero-order valence-electron chi connectivity index (χ0n) is 18.0. The molecule has 1 aromatic carbocycles. The van der Waals surface area contributed by atoms with E-state index in [-0.39, 0.29) is 5.91 Å². The van der Waals surface area contributed by atoms with Crippen LogP contribution in [0.2, 0.25) is 0 Å². The van der Waals surface area contributed by atoms with Crippen molar-refractivity contribution in [2.24, 2.45) is 0 Å². The molecule has 2 aromatic rings. The quantitative estimate of drug-likeness (QED) is 0.476. The van der Waals surface area contributed by atoms with Gasteiger partial charge in [-0.05, 0) is 44.4 Å². The number of benzene rings is 1. The minimum atomic E-state index is 0.0579. The van der Waals surface area contributed by atoms with Crippen LogP contribution in [0, 0.1) is 6.92 Å². The maximum absolute atomic E-state index is 12.4. The molecule has 0 spiro atoms. The zero-order valence-corrected chi connectivity index (χ0v) is 18.8. The van der Waals surface area contributed by atoms with E-state index in [0.29, 0.717) is 12.6 Å². The largest absolute Gasteiger partial charge is 0.357 e. The van der Waals surface area contributed by atoms with Crippen LogP contribution in [0.5, 0.6) is 0 Å². The van der Waals surface area contributed by atoms with Crippen molar-refractivity contribution >= 4 is 23.5 Å². The van der Waals surface area contributed by atoms with Gasteiger partial charge in [-0.2, -0.15) is 0 Å². The first-order valence-corrected chi connectivity index (χ1v) is 11.5. The van der Waals surface area contributed by atoms with Crippen molar-refractivity contribution in [1.82, 2.24) is 14.9 Å². The summed E-state index contributed by atoms with van der Waals surface area (Å²) in [7, 11) is 3.99. The first kappa shape index (κ1) is 21.6. The van der Waals surface area contributed by atoms with Crippen molar-refractivity contribution < 1.29 is 4.79 Å². The number of carbonyl (C=O) groups is 1. The van der Waals surface area contributed by atoms with E-state index >= 15 is 0 Å². The van der Waals surface area contributed by atoms with Crippen LogP contribution >= 0.6 is 11.8 Å². The van der Waals surface area contributed by atoms with E-state index in [0.717, 1.165) is 33.5 Å². The molecule has 1 fully saturated rings. The van der Waals surface area contributed by atoms with Gasteiger partial charge in [0.1, 0.15) is 5.82 Å². The molecule has 1 saturated carbocycles. The molecule has 1 amide bonds. The highest BCUT2D eigenvalue weighted by molar-refractivity contribution is 7.98. The van der Waals surface area contributed by atoms with Crippen molar-refractivity contribution in [3.63, 3.8) is 0 Å². The molecule has 0 atom stereocenters. The number of aryl methyl sites for hydroxylation is 1. The van der Waals surface area contributed by atoms with Crippen LogP contribution in [0.15, 0.2) is 35.5 Å². The Balaban J connectivity index is 1.69. The number of hydrogen-bond donors (Lipinski definition) is 0. The monoisotopic (exact) mass is 412 g/mol. The number of amides is 1. The molecule has 0 radical (unpaired) electrons. The van der Waals surface area contributed by atoms with E-state index in [1.807, 2.05) is 39.1 Å². The molecule has 0 N–H and O–H groups in total. The van der Waals surface area contributed by atoms with Gasteiger partial charge in [-0.1, -0.05) is 43.2 Å². The van der Waals surface area contributed by atoms with E-state index < -0.39 is 0 Å². The van der Waals surface area contributed by atoms with Crippen LogP contribution in [-0.2, 0) is 5.75 Å². The summed E-state index contributed by atoms with van der Waals surface area (Å²) in [5.41, 5.74) is 2.83. The molecule has 1 aliphatic carbocycles. The summed E-state index contributed by atoms with van der Waals surface area (Å²) in [6.07, 6.45) is 6.46. The molecule has 5 nitrogen and oxygen atoms in total. The first-order chi connectivity index (χ1) is 14.0. The normalized spacial score (nSPS) is 14.6. The van der Waals surface area contributed by atoms with Gasteiger partial charge >= 0.3 is 0 Å². The fourth-order valence-electron chi connectivity index (χ4n) is 3.73. The number of hydrogen-bond acceptors (Lipinski definition) is 5. The second kappa shape index (κ2) is 10.1. The molecule has 156 valence electrons. The van der Waals surface area contributed by atoms with Crippen molar-refractivity contribution in [2.45, 2.75) is 62.9 Å². The fourth-order valence-corrected chi connectivity index (χ4v) is 4.57. The van der Waals surface area contributed by atoms with Crippen molar-refractivity contribution in [3.8, 4) is 0 Å². The second-order valence-corrected chi connectivity index (χ2v) is 8.80. The molecular formula is C23H32N4OS. The van der Waals surface area contributed by atoms with E-state index in [1.54, 1.807) is 16.7 Å². The van der Waals surface area contributed by atoms with Gasteiger partial charge in [0.2, 0.25) is 0 Å². The van der Waals surface area contributed by atoms with E-state index in [2.05, 4.69) is 29.1 Å². The molecular weight excluding hydrogens is 380 g/mol. The molecule has 0 saturated heterocycles. The molecule has 0 aliphatic heterocycles. The molecule has 29 heavy (non-hydrogen) atoms. The van der Waals surface area contributed by atoms with Gasteiger partial charge in [0.25, 0.3) is 5.91 Å². The number of nitrogens with zero attached hydrogens (tertiary/aromatic N) is 4. The number of thioether (sulfide) groups is 1. The standard InChI is InChI=1S/C23H32N4OS/c1-5-26(3)22(28)19-11-9-10-18(15-19)16-29-23-24-17(2)14-21(25-23)27(4)20-12-7-6-8-13-20/h9-11,14-15,20H,5-8,12-13,16H2,1-4H3. The number of rotatable bonds is 7. The van der Waals surface area contributed by atoms with Gasteiger partial charge in [-0.3, -0.25) is 4.79 Å². The Morgan fingerprint density at radius 1 is 1.14 bits per heavy atom.